The number of nitrogens with zero attached hydrogens (tertiary/aromatic N) is 4. The van der Waals surface area contributed by atoms with Gasteiger partial charge in [0.15, 0.2) is 0 Å². The Balaban J connectivity index is 1.29. The summed E-state index contributed by atoms with van der Waals surface area (Å²) in [6.07, 6.45) is 4.07. The van der Waals surface area contributed by atoms with Crippen molar-refractivity contribution in [3.63, 3.8) is 0 Å². The Bertz CT molecular complexity index is 1330. The van der Waals surface area contributed by atoms with Crippen molar-refractivity contribution >= 4 is 23.0 Å². The molecule has 0 radical (unpaired) electrons. The molecule has 7 nitrogen and oxygen atoms in total. The van der Waals surface area contributed by atoms with Crippen LogP contribution in [0.1, 0.15) is 44.0 Å². The average molecular weight is 498 g/mol. The molecule has 2 saturated heterocycles. The van der Waals surface area contributed by atoms with Gasteiger partial charge in [0, 0.05) is 7.05 Å². The molecular weight excluding hydrogens is 462 g/mol. The minimum Gasteiger partial charge on any atom is -0.330 e. The predicted octanol–water partition coefficient (Wildman–Crippen LogP) is 4.12. The number of urea groups is 1. The van der Waals surface area contributed by atoms with Crippen LogP contribution < -0.4 is 5.32 Å². The van der Waals surface area contributed by atoms with Crippen LogP contribution in [-0.2, 0) is 24.8 Å². The zero-order chi connectivity index (χ0) is 25.8. The predicted molar refractivity (Wildman–Crippen MR) is 145 cm³/mol. The van der Waals surface area contributed by atoms with Crippen LogP contribution in [0.2, 0.25) is 0 Å². The van der Waals surface area contributed by atoms with Gasteiger partial charge in [0.25, 0.3) is 5.91 Å². The van der Waals surface area contributed by atoms with Gasteiger partial charge in [0.05, 0.1) is 24.1 Å². The summed E-state index contributed by atoms with van der Waals surface area (Å²) in [5.74, 6) is 6.75. The number of piperidine rings is 1. The Labute approximate surface area is 218 Å². The van der Waals surface area contributed by atoms with Crippen molar-refractivity contribution in [2.24, 2.45) is 13.0 Å². The molecule has 0 spiro atoms. The number of benzene rings is 2. The van der Waals surface area contributed by atoms with E-state index < -0.39 is 5.54 Å². The maximum atomic E-state index is 13.7. The number of imidazole rings is 1. The van der Waals surface area contributed by atoms with Gasteiger partial charge < -0.3 is 9.88 Å². The molecule has 1 atom stereocenters. The first kappa shape index (κ1) is 25.0. The molecule has 3 aromatic rings. The monoisotopic (exact) mass is 497 g/mol. The van der Waals surface area contributed by atoms with Gasteiger partial charge in [-0.15, -0.1) is 5.92 Å². The van der Waals surface area contributed by atoms with E-state index in [0.29, 0.717) is 6.42 Å². The van der Waals surface area contributed by atoms with Crippen molar-refractivity contribution < 1.29 is 9.59 Å². The highest BCUT2D eigenvalue weighted by Gasteiger charge is 2.55. The number of aryl methyl sites for hydroxylation is 2. The fourth-order valence-electron chi connectivity index (χ4n) is 5.93. The number of amides is 3. The third-order valence-electron chi connectivity index (χ3n) is 8.02. The second-order valence-corrected chi connectivity index (χ2v) is 10.2. The van der Waals surface area contributed by atoms with Crippen LogP contribution in [-0.4, -0.2) is 56.5 Å². The number of nitrogens with one attached hydrogen (secondary N) is 1. The lowest BCUT2D eigenvalue weighted by Gasteiger charge is -2.41. The molecule has 2 aliphatic heterocycles. The SMILES string of the molecule is CC#CCN1C(=O)NC(CCCc2ccccc2)(C2CCN(Cc3nc4ccccc4n3C)CC2)C1=O. The molecule has 5 rings (SSSR count). The third kappa shape index (κ3) is 4.99. The van der Waals surface area contributed by atoms with Gasteiger partial charge in [0.1, 0.15) is 11.4 Å². The van der Waals surface area contributed by atoms with Crippen LogP contribution in [0.5, 0.6) is 0 Å². The van der Waals surface area contributed by atoms with E-state index in [-0.39, 0.29) is 24.4 Å². The molecule has 2 fully saturated rings. The van der Waals surface area contributed by atoms with Crippen LogP contribution >= 0.6 is 0 Å². The molecular formula is C30H35N5O2. The first-order chi connectivity index (χ1) is 18.0. The molecule has 7 heteroatoms. The third-order valence-corrected chi connectivity index (χ3v) is 8.02. The largest absolute Gasteiger partial charge is 0.330 e. The maximum Gasteiger partial charge on any atom is 0.325 e. The van der Waals surface area contributed by atoms with Crippen molar-refractivity contribution in [2.45, 2.75) is 51.1 Å². The van der Waals surface area contributed by atoms with Crippen LogP contribution in [0.4, 0.5) is 4.79 Å². The lowest BCUT2D eigenvalue weighted by atomic mass is 9.74. The smallest absolute Gasteiger partial charge is 0.325 e. The summed E-state index contributed by atoms with van der Waals surface area (Å²) in [4.78, 5) is 35.2. The summed E-state index contributed by atoms with van der Waals surface area (Å²) < 4.78 is 2.17. The van der Waals surface area contributed by atoms with Crippen molar-refractivity contribution in [1.82, 2.24) is 24.7 Å². The van der Waals surface area contributed by atoms with E-state index in [2.05, 4.69) is 51.9 Å². The molecule has 2 aliphatic rings. The van der Waals surface area contributed by atoms with Gasteiger partial charge in [-0.25, -0.2) is 9.78 Å². The maximum absolute atomic E-state index is 13.7. The molecule has 0 bridgehead atoms. The minimum atomic E-state index is -0.856. The van der Waals surface area contributed by atoms with Crippen LogP contribution in [0.15, 0.2) is 54.6 Å². The van der Waals surface area contributed by atoms with Crippen molar-refractivity contribution in [3.05, 3.63) is 66.0 Å². The zero-order valence-electron chi connectivity index (χ0n) is 21.7. The molecule has 1 aromatic heterocycles. The molecule has 0 saturated carbocycles. The van der Waals surface area contributed by atoms with Crippen molar-refractivity contribution in [1.29, 1.82) is 0 Å². The van der Waals surface area contributed by atoms with E-state index in [1.54, 1.807) is 6.92 Å². The Hall–Kier alpha value is -3.63. The van der Waals surface area contributed by atoms with E-state index in [4.69, 9.17) is 4.98 Å². The number of fused-ring (bicyclic) bond motifs is 1. The molecule has 3 heterocycles. The van der Waals surface area contributed by atoms with Crippen molar-refractivity contribution in [3.8, 4) is 11.8 Å². The van der Waals surface area contributed by atoms with Gasteiger partial charge in [-0.3, -0.25) is 14.6 Å². The number of aromatic nitrogens is 2. The van der Waals surface area contributed by atoms with E-state index in [1.807, 2.05) is 36.4 Å². The fraction of sp³-hybridized carbons (Fsp3) is 0.433. The standard InChI is InChI=1S/C30H35N5O2/c1-3-4-19-35-28(36)30(32-29(35)37,18-10-13-23-11-6-5-7-12-23)24-16-20-34(21-17-24)22-27-31-25-14-8-9-15-26(25)33(27)2/h5-9,11-12,14-15,24H,10,13,16-22H2,1-2H3,(H,32,37). The number of carbonyl (C=O) groups excluding carboxylic acids is 2. The summed E-state index contributed by atoms with van der Waals surface area (Å²) in [6.45, 7) is 4.38. The Morgan fingerprint density at radius 1 is 1.05 bits per heavy atom. The molecule has 192 valence electrons. The highest BCUT2D eigenvalue weighted by atomic mass is 16.2. The summed E-state index contributed by atoms with van der Waals surface area (Å²) >= 11 is 0. The fourth-order valence-corrected chi connectivity index (χ4v) is 5.93. The number of rotatable bonds is 8. The lowest BCUT2D eigenvalue weighted by molar-refractivity contribution is -0.134. The Morgan fingerprint density at radius 2 is 1.78 bits per heavy atom. The normalized spacial score (nSPS) is 20.8. The summed E-state index contributed by atoms with van der Waals surface area (Å²) in [5.41, 5.74) is 2.55. The van der Waals surface area contributed by atoms with Gasteiger partial charge in [-0.05, 0) is 75.7 Å². The highest BCUT2D eigenvalue weighted by molar-refractivity contribution is 6.07. The number of carbonyl (C=O) groups is 2. The molecule has 1 N–H and O–H groups in total. The lowest BCUT2D eigenvalue weighted by Crippen LogP contribution is -2.56. The van der Waals surface area contributed by atoms with E-state index in [0.717, 1.165) is 62.2 Å². The molecule has 3 amide bonds. The van der Waals surface area contributed by atoms with Gasteiger partial charge in [0.2, 0.25) is 0 Å². The highest BCUT2D eigenvalue weighted by Crippen LogP contribution is 2.37. The summed E-state index contributed by atoms with van der Waals surface area (Å²) in [5, 5.41) is 3.16. The number of imide groups is 1. The topological polar surface area (TPSA) is 70.5 Å². The first-order valence-electron chi connectivity index (χ1n) is 13.2. The zero-order valence-corrected chi connectivity index (χ0v) is 21.7. The number of para-hydroxylation sites is 2. The summed E-state index contributed by atoms with van der Waals surface area (Å²) in [7, 11) is 2.07. The Morgan fingerprint density at radius 3 is 2.51 bits per heavy atom. The van der Waals surface area contributed by atoms with E-state index >= 15 is 0 Å². The molecule has 1 unspecified atom stereocenters. The van der Waals surface area contributed by atoms with E-state index in [1.165, 1.54) is 10.5 Å². The van der Waals surface area contributed by atoms with E-state index in [9.17, 15) is 9.59 Å². The van der Waals surface area contributed by atoms with Crippen LogP contribution in [0.3, 0.4) is 0 Å². The molecule has 37 heavy (non-hydrogen) atoms. The number of hydrogen-bond acceptors (Lipinski definition) is 4. The minimum absolute atomic E-state index is 0.0935. The second-order valence-electron chi connectivity index (χ2n) is 10.2. The number of likely N-dealkylation sites (tertiary alicyclic amines) is 1. The van der Waals surface area contributed by atoms with Gasteiger partial charge in [-0.2, -0.15) is 0 Å². The molecule has 2 aromatic carbocycles. The first-order valence-corrected chi connectivity index (χ1v) is 13.2. The quantitative estimate of drug-likeness (QED) is 0.375. The Kier molecular flexibility index (Phi) is 7.29. The number of hydrogen-bond donors (Lipinski definition) is 1. The summed E-state index contributed by atoms with van der Waals surface area (Å²) in [6, 6.07) is 18.2. The second kappa shape index (κ2) is 10.8. The molecule has 0 aliphatic carbocycles. The van der Waals surface area contributed by atoms with Crippen LogP contribution in [0, 0.1) is 17.8 Å². The average Bonchev–Trinajstić information content (AvgIpc) is 3.36. The van der Waals surface area contributed by atoms with Crippen LogP contribution in [0.25, 0.3) is 11.0 Å². The van der Waals surface area contributed by atoms with Gasteiger partial charge >= 0.3 is 6.03 Å². The van der Waals surface area contributed by atoms with Gasteiger partial charge in [-0.1, -0.05) is 48.4 Å². The van der Waals surface area contributed by atoms with Crippen molar-refractivity contribution in [2.75, 3.05) is 19.6 Å².